The van der Waals surface area contributed by atoms with Crippen LogP contribution >= 0.6 is 11.3 Å². The molecule has 2 heterocycles. The van der Waals surface area contributed by atoms with Crippen molar-refractivity contribution in [3.8, 4) is 10.7 Å². The van der Waals surface area contributed by atoms with Gasteiger partial charge < -0.3 is 9.67 Å². The van der Waals surface area contributed by atoms with Crippen LogP contribution in [-0.2, 0) is 6.54 Å². The Hall–Kier alpha value is -1.62. The molecule has 2 aromatic rings. The third kappa shape index (κ3) is 1.74. The molecule has 0 aliphatic heterocycles. The van der Waals surface area contributed by atoms with Crippen LogP contribution in [0, 0.1) is 6.92 Å². The molecule has 0 unspecified atom stereocenters. The Bertz CT molecular complexity index is 528. The van der Waals surface area contributed by atoms with E-state index in [0.29, 0.717) is 4.88 Å². The van der Waals surface area contributed by atoms with Crippen LogP contribution in [0.25, 0.3) is 10.7 Å². The van der Waals surface area contributed by atoms with Gasteiger partial charge in [-0.25, -0.2) is 9.78 Å². The summed E-state index contributed by atoms with van der Waals surface area (Å²) in [6.07, 6.45) is 3.63. The van der Waals surface area contributed by atoms with Crippen LogP contribution in [0.4, 0.5) is 0 Å². The summed E-state index contributed by atoms with van der Waals surface area (Å²) in [4.78, 5) is 16.4. The molecular weight excluding hydrogens is 224 g/mol. The normalized spacial score (nSPS) is 10.6. The maximum atomic E-state index is 10.9. The van der Waals surface area contributed by atoms with Crippen molar-refractivity contribution in [2.24, 2.45) is 0 Å². The molecule has 0 saturated heterocycles. The van der Waals surface area contributed by atoms with Gasteiger partial charge >= 0.3 is 5.97 Å². The van der Waals surface area contributed by atoms with E-state index in [1.54, 1.807) is 12.3 Å². The summed E-state index contributed by atoms with van der Waals surface area (Å²) in [5, 5.41) is 8.93. The minimum absolute atomic E-state index is 0.359. The van der Waals surface area contributed by atoms with Gasteiger partial charge in [-0.1, -0.05) is 0 Å². The quantitative estimate of drug-likeness (QED) is 0.891. The number of aromatic nitrogens is 2. The number of aromatic carboxylic acids is 1. The van der Waals surface area contributed by atoms with Gasteiger partial charge in [-0.3, -0.25) is 0 Å². The van der Waals surface area contributed by atoms with Crippen molar-refractivity contribution < 1.29 is 9.90 Å². The lowest BCUT2D eigenvalue weighted by Crippen LogP contribution is -1.95. The molecule has 0 atom stereocenters. The second-order valence-electron chi connectivity index (χ2n) is 3.46. The van der Waals surface area contributed by atoms with Gasteiger partial charge in [0.25, 0.3) is 0 Å². The third-order valence-electron chi connectivity index (χ3n) is 2.39. The number of nitrogens with zero attached hydrogens (tertiary/aromatic N) is 2. The second kappa shape index (κ2) is 4.09. The smallest absolute Gasteiger partial charge is 0.345 e. The predicted molar refractivity (Wildman–Crippen MR) is 62.9 cm³/mol. The summed E-state index contributed by atoms with van der Waals surface area (Å²) < 4.78 is 2.00. The highest BCUT2D eigenvalue weighted by Crippen LogP contribution is 2.31. The van der Waals surface area contributed by atoms with Crippen molar-refractivity contribution in [2.45, 2.75) is 20.4 Å². The predicted octanol–water partition coefficient (Wildman–Crippen LogP) is 2.64. The second-order valence-corrected chi connectivity index (χ2v) is 4.52. The summed E-state index contributed by atoms with van der Waals surface area (Å²) in [6, 6.07) is 1.69. The average molecular weight is 236 g/mol. The molecule has 0 aromatic carbocycles. The Labute approximate surface area is 97.2 Å². The van der Waals surface area contributed by atoms with Crippen molar-refractivity contribution in [3.63, 3.8) is 0 Å². The third-order valence-corrected chi connectivity index (χ3v) is 3.61. The molecule has 0 saturated carbocycles. The fraction of sp³-hybridized carbons (Fsp3) is 0.273. The summed E-state index contributed by atoms with van der Waals surface area (Å²) in [7, 11) is 0. The monoisotopic (exact) mass is 236 g/mol. The van der Waals surface area contributed by atoms with E-state index in [1.165, 1.54) is 11.3 Å². The first-order valence-electron chi connectivity index (χ1n) is 4.98. The molecule has 4 nitrogen and oxygen atoms in total. The summed E-state index contributed by atoms with van der Waals surface area (Å²) in [6.45, 7) is 4.77. The number of thiophene rings is 1. The minimum Gasteiger partial charge on any atom is -0.477 e. The lowest BCUT2D eigenvalue weighted by atomic mass is 10.2. The molecule has 0 spiro atoms. The maximum absolute atomic E-state index is 10.9. The summed E-state index contributed by atoms with van der Waals surface area (Å²) in [5.41, 5.74) is 0.961. The Balaban J connectivity index is 2.52. The number of carbonyl (C=O) groups is 1. The fourth-order valence-corrected chi connectivity index (χ4v) is 2.61. The topological polar surface area (TPSA) is 55.1 Å². The highest BCUT2D eigenvalue weighted by atomic mass is 32.1. The maximum Gasteiger partial charge on any atom is 0.345 e. The average Bonchev–Trinajstić information content (AvgIpc) is 2.82. The first-order chi connectivity index (χ1) is 7.63. The molecule has 0 aliphatic rings. The molecule has 2 aromatic heterocycles. The summed E-state index contributed by atoms with van der Waals surface area (Å²) >= 11 is 1.27. The van der Waals surface area contributed by atoms with Gasteiger partial charge in [0.05, 0.1) is 4.88 Å². The zero-order valence-electron chi connectivity index (χ0n) is 9.10. The van der Waals surface area contributed by atoms with Crippen LogP contribution in [0.5, 0.6) is 0 Å². The van der Waals surface area contributed by atoms with Crippen LogP contribution in [0.3, 0.4) is 0 Å². The standard InChI is InChI=1S/C11H12N2O2S/c1-3-13-5-4-12-10(13)9-7(2)6-8(16-9)11(14)15/h4-6H,3H2,1-2H3,(H,14,15). The zero-order valence-corrected chi connectivity index (χ0v) is 9.91. The SMILES string of the molecule is CCn1ccnc1-c1sc(C(=O)O)cc1C. The van der Waals surface area contributed by atoms with E-state index < -0.39 is 5.97 Å². The van der Waals surface area contributed by atoms with Crippen molar-refractivity contribution in [1.82, 2.24) is 9.55 Å². The number of hydrogen-bond donors (Lipinski definition) is 1. The summed E-state index contributed by atoms with van der Waals surface area (Å²) in [5.74, 6) is -0.0357. The van der Waals surface area contributed by atoms with E-state index in [9.17, 15) is 4.79 Å². The number of rotatable bonds is 3. The van der Waals surface area contributed by atoms with E-state index in [0.717, 1.165) is 22.8 Å². The van der Waals surface area contributed by atoms with Gasteiger partial charge in [0.2, 0.25) is 0 Å². The Kier molecular flexibility index (Phi) is 2.78. The molecule has 0 fully saturated rings. The number of aryl methyl sites for hydroxylation is 2. The van der Waals surface area contributed by atoms with Crippen molar-refractivity contribution in [3.05, 3.63) is 28.9 Å². The number of carboxylic acids is 1. The van der Waals surface area contributed by atoms with Gasteiger partial charge in [-0.05, 0) is 25.5 Å². The lowest BCUT2D eigenvalue weighted by molar-refractivity contribution is 0.0702. The molecule has 0 amide bonds. The Morgan fingerprint density at radius 2 is 2.38 bits per heavy atom. The highest BCUT2D eigenvalue weighted by Gasteiger charge is 2.15. The fourth-order valence-electron chi connectivity index (χ4n) is 1.58. The molecule has 2 rings (SSSR count). The van der Waals surface area contributed by atoms with Crippen LogP contribution in [0.1, 0.15) is 22.2 Å². The molecule has 0 bridgehead atoms. The van der Waals surface area contributed by atoms with Crippen LogP contribution in [0.2, 0.25) is 0 Å². The van der Waals surface area contributed by atoms with E-state index in [-0.39, 0.29) is 0 Å². The molecule has 0 radical (unpaired) electrons. The van der Waals surface area contributed by atoms with Crippen molar-refractivity contribution in [1.29, 1.82) is 0 Å². The number of hydrogen-bond acceptors (Lipinski definition) is 3. The van der Waals surface area contributed by atoms with Gasteiger partial charge in [-0.15, -0.1) is 11.3 Å². The van der Waals surface area contributed by atoms with Crippen LogP contribution < -0.4 is 0 Å². The van der Waals surface area contributed by atoms with Crippen molar-refractivity contribution >= 4 is 17.3 Å². The van der Waals surface area contributed by atoms with E-state index in [2.05, 4.69) is 4.98 Å². The Morgan fingerprint density at radius 1 is 1.62 bits per heavy atom. The van der Waals surface area contributed by atoms with Gasteiger partial charge in [0.1, 0.15) is 10.7 Å². The highest BCUT2D eigenvalue weighted by molar-refractivity contribution is 7.17. The molecule has 0 aliphatic carbocycles. The molecule has 1 N–H and O–H groups in total. The van der Waals surface area contributed by atoms with Gasteiger partial charge in [0.15, 0.2) is 0 Å². The van der Waals surface area contributed by atoms with E-state index >= 15 is 0 Å². The Morgan fingerprint density at radius 3 is 2.94 bits per heavy atom. The van der Waals surface area contributed by atoms with Gasteiger partial charge in [0, 0.05) is 18.9 Å². The largest absolute Gasteiger partial charge is 0.477 e. The minimum atomic E-state index is -0.881. The number of imidazole rings is 1. The molecular formula is C11H12N2O2S. The first kappa shape index (κ1) is 10.9. The molecule has 5 heteroatoms. The van der Waals surface area contributed by atoms with E-state index in [1.807, 2.05) is 24.6 Å². The first-order valence-corrected chi connectivity index (χ1v) is 5.80. The molecule has 16 heavy (non-hydrogen) atoms. The van der Waals surface area contributed by atoms with Crippen LogP contribution in [0.15, 0.2) is 18.5 Å². The van der Waals surface area contributed by atoms with E-state index in [4.69, 9.17) is 5.11 Å². The van der Waals surface area contributed by atoms with Gasteiger partial charge in [-0.2, -0.15) is 0 Å². The lowest BCUT2D eigenvalue weighted by Gasteiger charge is -2.02. The molecule has 84 valence electrons. The number of carboxylic acid groups (broad SMARTS) is 1. The zero-order chi connectivity index (χ0) is 11.7. The van der Waals surface area contributed by atoms with Crippen molar-refractivity contribution in [2.75, 3.05) is 0 Å². The van der Waals surface area contributed by atoms with Crippen LogP contribution in [-0.4, -0.2) is 20.6 Å².